The minimum Gasteiger partial charge on any atom is -0.272 e. The molecule has 2 aromatic carbocycles. The molecule has 0 bridgehead atoms. The molecule has 0 unspecified atom stereocenters. The zero-order valence-corrected chi connectivity index (χ0v) is 18.0. The monoisotopic (exact) mass is 488 g/mol. The molecule has 1 amide bonds. The van der Waals surface area contributed by atoms with Gasteiger partial charge < -0.3 is 0 Å². The van der Waals surface area contributed by atoms with Crippen LogP contribution in [-0.4, -0.2) is 28.9 Å². The minimum atomic E-state index is -3.91. The summed E-state index contributed by atoms with van der Waals surface area (Å²) in [5.41, 5.74) is 0.845. The summed E-state index contributed by atoms with van der Waals surface area (Å²) in [5.74, 6) is -0.442. The lowest BCUT2D eigenvalue weighted by Gasteiger charge is -2.19. The van der Waals surface area contributed by atoms with Crippen molar-refractivity contribution in [2.75, 3.05) is 0 Å². The Morgan fingerprint density at radius 1 is 1.15 bits per heavy atom. The van der Waals surface area contributed by atoms with Gasteiger partial charge in [0, 0.05) is 9.72 Å². The predicted octanol–water partition coefficient (Wildman–Crippen LogP) is 3.54. The van der Waals surface area contributed by atoms with E-state index < -0.39 is 26.4 Å². The van der Waals surface area contributed by atoms with E-state index in [1.165, 1.54) is 12.1 Å². The van der Waals surface area contributed by atoms with Crippen LogP contribution < -0.4 is 4.83 Å². The first-order chi connectivity index (χ1) is 12.3. The number of hydrogen-bond donors (Lipinski definition) is 2. The topological polar surface area (TPSA) is 66.5 Å². The van der Waals surface area contributed by atoms with Crippen molar-refractivity contribution < 1.29 is 13.2 Å². The fraction of sp³-hybridized carbons (Fsp3) is 0.125. The molecule has 1 N–H and O–H groups in total. The van der Waals surface area contributed by atoms with Crippen LogP contribution in [-0.2, 0) is 14.8 Å². The lowest BCUT2D eigenvalue weighted by atomic mass is 10.1. The summed E-state index contributed by atoms with van der Waals surface area (Å²) in [6.07, 6.45) is 0. The highest BCUT2D eigenvalue weighted by Crippen LogP contribution is 2.39. The molecule has 0 saturated carbocycles. The largest absolute Gasteiger partial charge is 0.272 e. The molecule has 1 fully saturated rings. The number of thiocarbonyl (C=S) groups is 1. The van der Waals surface area contributed by atoms with E-state index in [2.05, 4.69) is 33.4 Å². The van der Waals surface area contributed by atoms with Gasteiger partial charge in [-0.15, -0.1) is 4.83 Å². The number of thioether (sulfide) groups is 1. The summed E-state index contributed by atoms with van der Waals surface area (Å²) >= 11 is 14.2. The number of nitrogens with one attached hydrogen (secondary N) is 1. The third kappa shape index (κ3) is 4.15. The number of hydrogen-bond acceptors (Lipinski definition) is 6. The van der Waals surface area contributed by atoms with Crippen molar-refractivity contribution in [2.45, 2.75) is 15.4 Å². The van der Waals surface area contributed by atoms with Gasteiger partial charge in [0.15, 0.2) is 4.32 Å². The summed E-state index contributed by atoms with van der Waals surface area (Å²) in [4.78, 5) is 15.1. The zero-order valence-electron chi connectivity index (χ0n) is 13.1. The van der Waals surface area contributed by atoms with Crippen LogP contribution in [0.4, 0.5) is 0 Å². The summed E-state index contributed by atoms with van der Waals surface area (Å²) in [6, 6.07) is 15.2. The lowest BCUT2D eigenvalue weighted by Crippen LogP contribution is -2.46. The van der Waals surface area contributed by atoms with E-state index in [9.17, 15) is 13.2 Å². The first-order valence-corrected chi connectivity index (χ1v) is 11.4. The molecule has 0 spiro atoms. The number of thiol groups is 1. The van der Waals surface area contributed by atoms with Gasteiger partial charge in [0.05, 0.1) is 4.90 Å². The number of benzene rings is 2. The fourth-order valence-electron chi connectivity index (χ4n) is 2.32. The van der Waals surface area contributed by atoms with Gasteiger partial charge in [-0.05, 0) is 29.8 Å². The molecule has 1 saturated heterocycles. The van der Waals surface area contributed by atoms with Crippen molar-refractivity contribution in [1.29, 1.82) is 0 Å². The quantitative estimate of drug-likeness (QED) is 0.497. The Morgan fingerprint density at radius 2 is 1.77 bits per heavy atom. The number of sulfonamides is 1. The van der Waals surface area contributed by atoms with Crippen molar-refractivity contribution >= 4 is 72.8 Å². The lowest BCUT2D eigenvalue weighted by molar-refractivity contribution is -0.127. The number of carbonyl (C=O) groups excluding carboxylic acids is 1. The van der Waals surface area contributed by atoms with Gasteiger partial charge in [0.2, 0.25) is 0 Å². The van der Waals surface area contributed by atoms with Crippen molar-refractivity contribution in [3.05, 3.63) is 64.6 Å². The Hall–Kier alpha value is -0.910. The van der Waals surface area contributed by atoms with E-state index in [4.69, 9.17) is 12.2 Å². The van der Waals surface area contributed by atoms with Crippen molar-refractivity contribution in [2.24, 2.45) is 0 Å². The molecule has 1 heterocycles. The third-order valence-corrected chi connectivity index (χ3v) is 7.86. The van der Waals surface area contributed by atoms with Crippen molar-refractivity contribution in [3.63, 3.8) is 0 Å². The molecule has 136 valence electrons. The average Bonchev–Trinajstić information content (AvgIpc) is 2.90. The number of halogens is 1. The summed E-state index contributed by atoms with van der Waals surface area (Å²) in [5, 5.41) is -0.134. The molecule has 0 aromatic heterocycles. The van der Waals surface area contributed by atoms with Crippen LogP contribution in [0.3, 0.4) is 0 Å². The van der Waals surface area contributed by atoms with E-state index in [0.29, 0.717) is 0 Å². The van der Waals surface area contributed by atoms with Crippen LogP contribution in [0.5, 0.6) is 0 Å². The van der Waals surface area contributed by atoms with Crippen molar-refractivity contribution in [1.82, 2.24) is 9.84 Å². The van der Waals surface area contributed by atoms with Gasteiger partial charge in [0.1, 0.15) is 5.25 Å². The van der Waals surface area contributed by atoms with Crippen LogP contribution >= 0.6 is 52.5 Å². The highest BCUT2D eigenvalue weighted by atomic mass is 79.9. The number of amides is 1. The molecular weight excluding hydrogens is 476 g/mol. The van der Waals surface area contributed by atoms with E-state index in [-0.39, 0.29) is 9.22 Å². The minimum absolute atomic E-state index is 0.0550. The van der Waals surface area contributed by atoms with E-state index in [1.807, 2.05) is 24.3 Å². The molecule has 26 heavy (non-hydrogen) atoms. The molecule has 5 nitrogen and oxygen atoms in total. The van der Waals surface area contributed by atoms with Crippen LogP contribution in [0.25, 0.3) is 0 Å². The van der Waals surface area contributed by atoms with Crippen LogP contribution in [0.1, 0.15) is 10.8 Å². The first-order valence-electron chi connectivity index (χ1n) is 7.35. The molecule has 2 atom stereocenters. The Balaban J connectivity index is 1.80. The second-order valence-corrected chi connectivity index (χ2v) is 10.3. The smallest absolute Gasteiger partial charge is 0.258 e. The van der Waals surface area contributed by atoms with E-state index in [0.717, 1.165) is 26.8 Å². The van der Waals surface area contributed by atoms with Crippen LogP contribution in [0.2, 0.25) is 0 Å². The van der Waals surface area contributed by atoms with Crippen LogP contribution in [0.15, 0.2) is 64.0 Å². The Kier molecular flexibility index (Phi) is 6.10. The molecular formula is C16H13BrN2O3S4. The second kappa shape index (κ2) is 7.99. The molecule has 0 aliphatic carbocycles. The van der Waals surface area contributed by atoms with Gasteiger partial charge >= 0.3 is 0 Å². The van der Waals surface area contributed by atoms with Gasteiger partial charge in [-0.3, -0.25) is 4.79 Å². The maximum atomic E-state index is 12.7. The van der Waals surface area contributed by atoms with Gasteiger partial charge in [-0.1, -0.05) is 70.2 Å². The molecule has 0 radical (unpaired) electrons. The van der Waals surface area contributed by atoms with E-state index in [1.54, 1.807) is 18.2 Å². The molecule has 2 aromatic rings. The Morgan fingerprint density at radius 3 is 2.38 bits per heavy atom. The second-order valence-electron chi connectivity index (χ2n) is 5.38. The molecule has 1 aliphatic rings. The zero-order chi connectivity index (χ0) is 18.9. The number of hydrazine groups is 1. The van der Waals surface area contributed by atoms with E-state index >= 15 is 0 Å². The summed E-state index contributed by atoms with van der Waals surface area (Å²) in [7, 11) is -3.91. The standard InChI is InChI=1S/C16H13BrN2O3S4/c17-11-8-6-10(7-9-11)13(23)14-15(20)19(16(24)25-14)18-26(21,22)12-4-2-1-3-5-12/h1-9,13-14,18,23H/t13-,14-/m1/s1. The Bertz CT molecular complexity index is 936. The molecule has 10 heteroatoms. The fourth-order valence-corrected chi connectivity index (χ4v) is 5.62. The molecule has 1 aliphatic heterocycles. The average molecular weight is 489 g/mol. The maximum Gasteiger partial charge on any atom is 0.258 e. The van der Waals surface area contributed by atoms with Gasteiger partial charge in [0.25, 0.3) is 15.9 Å². The molecule has 3 rings (SSSR count). The summed E-state index contributed by atoms with van der Waals surface area (Å²) < 4.78 is 26.0. The SMILES string of the molecule is O=C1[C@@H]([C@H](S)c2ccc(Br)cc2)SC(=S)N1NS(=O)(=O)c1ccccc1. The number of carbonyl (C=O) groups is 1. The highest BCUT2D eigenvalue weighted by Gasteiger charge is 2.43. The van der Waals surface area contributed by atoms with Gasteiger partial charge in [-0.2, -0.15) is 12.6 Å². The normalized spacial score (nSPS) is 19.0. The maximum absolute atomic E-state index is 12.7. The third-order valence-electron chi connectivity index (χ3n) is 3.64. The number of nitrogens with zero attached hydrogens (tertiary/aromatic N) is 1. The highest BCUT2D eigenvalue weighted by molar-refractivity contribution is 9.10. The number of rotatable bonds is 5. The summed E-state index contributed by atoms with van der Waals surface area (Å²) in [6.45, 7) is 0. The van der Waals surface area contributed by atoms with Crippen LogP contribution in [0, 0.1) is 0 Å². The predicted molar refractivity (Wildman–Crippen MR) is 113 cm³/mol. The van der Waals surface area contributed by atoms with Gasteiger partial charge in [-0.25, -0.2) is 13.4 Å². The Labute approximate surface area is 175 Å². The van der Waals surface area contributed by atoms with Crippen molar-refractivity contribution in [3.8, 4) is 0 Å². The first kappa shape index (κ1) is 19.8.